The van der Waals surface area contributed by atoms with Gasteiger partial charge in [-0.05, 0) is 17.7 Å². The van der Waals surface area contributed by atoms with Crippen molar-refractivity contribution >= 4 is 29.2 Å². The van der Waals surface area contributed by atoms with Crippen molar-refractivity contribution in [3.05, 3.63) is 57.6 Å². The molecule has 0 radical (unpaired) electrons. The zero-order chi connectivity index (χ0) is 18.6. The molecule has 3 aliphatic heterocycles. The number of ether oxygens (including phenoxy) is 1. The first kappa shape index (κ1) is 18.4. The maximum Gasteiger partial charge on any atom is 0.200 e. The second kappa shape index (κ2) is 8.39. The van der Waals surface area contributed by atoms with Crippen molar-refractivity contribution < 1.29 is 4.74 Å². The molecule has 0 unspecified atom stereocenters. The zero-order valence-electron chi connectivity index (χ0n) is 14.8. The Bertz CT molecular complexity index is 788. The number of hydrogen-bond acceptors (Lipinski definition) is 5. The van der Waals surface area contributed by atoms with E-state index in [1.54, 1.807) is 6.07 Å². The van der Waals surface area contributed by atoms with Crippen molar-refractivity contribution in [2.45, 2.75) is 6.54 Å². The SMILES string of the molecule is Clc1ccc(CN=C2NC=C3C(=CNN3CCN3CCOCC3)N2)cc1Cl. The molecule has 0 aliphatic carbocycles. The first-order valence-electron chi connectivity index (χ1n) is 8.95. The van der Waals surface area contributed by atoms with E-state index in [9.17, 15) is 0 Å². The van der Waals surface area contributed by atoms with Gasteiger partial charge in [-0.1, -0.05) is 29.3 Å². The van der Waals surface area contributed by atoms with Gasteiger partial charge in [-0.3, -0.25) is 9.91 Å². The van der Waals surface area contributed by atoms with Gasteiger partial charge in [0.05, 0.1) is 47.7 Å². The van der Waals surface area contributed by atoms with Crippen molar-refractivity contribution in [1.29, 1.82) is 0 Å². The van der Waals surface area contributed by atoms with Gasteiger partial charge in [-0.15, -0.1) is 0 Å². The average molecular weight is 409 g/mol. The van der Waals surface area contributed by atoms with E-state index in [2.05, 4.69) is 31.0 Å². The number of hydrazine groups is 1. The molecular weight excluding hydrogens is 387 g/mol. The Kier molecular flexibility index (Phi) is 5.73. The Morgan fingerprint density at radius 1 is 1.07 bits per heavy atom. The molecule has 0 bridgehead atoms. The summed E-state index contributed by atoms with van der Waals surface area (Å²) >= 11 is 12.0. The van der Waals surface area contributed by atoms with E-state index in [0.29, 0.717) is 22.5 Å². The fourth-order valence-electron chi connectivity index (χ4n) is 3.13. The van der Waals surface area contributed by atoms with Crippen LogP contribution in [-0.4, -0.2) is 55.3 Å². The number of hydrogen-bond donors (Lipinski definition) is 3. The maximum absolute atomic E-state index is 6.06. The average Bonchev–Trinajstić information content (AvgIpc) is 3.10. The van der Waals surface area contributed by atoms with Gasteiger partial charge in [0.1, 0.15) is 0 Å². The fourth-order valence-corrected chi connectivity index (χ4v) is 3.45. The Hall–Kier alpha value is -1.93. The van der Waals surface area contributed by atoms with Crippen molar-refractivity contribution in [2.24, 2.45) is 4.99 Å². The summed E-state index contributed by atoms with van der Waals surface area (Å²) in [6.07, 6.45) is 3.93. The van der Waals surface area contributed by atoms with Gasteiger partial charge < -0.3 is 20.8 Å². The highest BCUT2D eigenvalue weighted by molar-refractivity contribution is 6.42. The second-order valence-corrected chi connectivity index (χ2v) is 7.32. The molecule has 4 rings (SSSR count). The van der Waals surface area contributed by atoms with Crippen LogP contribution in [0.5, 0.6) is 0 Å². The van der Waals surface area contributed by atoms with Gasteiger partial charge in [-0.2, -0.15) is 0 Å². The predicted octanol–water partition coefficient (Wildman–Crippen LogP) is 1.88. The van der Waals surface area contributed by atoms with E-state index in [1.807, 2.05) is 24.5 Å². The van der Waals surface area contributed by atoms with E-state index >= 15 is 0 Å². The molecule has 0 saturated carbocycles. The molecule has 7 nitrogen and oxygen atoms in total. The predicted molar refractivity (Wildman–Crippen MR) is 107 cm³/mol. The minimum absolute atomic E-state index is 0.511. The monoisotopic (exact) mass is 408 g/mol. The third-order valence-electron chi connectivity index (χ3n) is 4.68. The van der Waals surface area contributed by atoms with E-state index in [4.69, 9.17) is 27.9 Å². The number of benzene rings is 1. The van der Waals surface area contributed by atoms with E-state index in [1.165, 1.54) is 0 Å². The molecule has 1 aromatic carbocycles. The lowest BCUT2D eigenvalue weighted by atomic mass is 10.2. The van der Waals surface area contributed by atoms with Gasteiger partial charge in [0.25, 0.3) is 0 Å². The summed E-state index contributed by atoms with van der Waals surface area (Å²) < 4.78 is 5.40. The molecule has 3 N–H and O–H groups in total. The Morgan fingerprint density at radius 2 is 1.93 bits per heavy atom. The molecule has 0 spiro atoms. The summed E-state index contributed by atoms with van der Waals surface area (Å²) in [5, 5.41) is 9.75. The number of morpholine rings is 1. The second-order valence-electron chi connectivity index (χ2n) is 6.50. The summed E-state index contributed by atoms with van der Waals surface area (Å²) in [5.74, 6) is 0.702. The van der Waals surface area contributed by atoms with Crippen molar-refractivity contribution in [2.75, 3.05) is 39.4 Å². The largest absolute Gasteiger partial charge is 0.379 e. The Morgan fingerprint density at radius 3 is 2.74 bits per heavy atom. The van der Waals surface area contributed by atoms with Crippen LogP contribution in [0, 0.1) is 0 Å². The third-order valence-corrected chi connectivity index (χ3v) is 5.42. The van der Waals surface area contributed by atoms with Crippen LogP contribution in [0.2, 0.25) is 10.0 Å². The van der Waals surface area contributed by atoms with E-state index in [-0.39, 0.29) is 0 Å². The van der Waals surface area contributed by atoms with Crippen LogP contribution in [0.1, 0.15) is 5.56 Å². The third kappa shape index (κ3) is 4.50. The van der Waals surface area contributed by atoms with Crippen LogP contribution in [0.3, 0.4) is 0 Å². The summed E-state index contributed by atoms with van der Waals surface area (Å²) in [6.45, 7) is 6.03. The normalized spacial score (nSPS) is 21.1. The molecule has 0 amide bonds. The van der Waals surface area contributed by atoms with Gasteiger partial charge in [0, 0.05) is 32.0 Å². The molecule has 3 aliphatic rings. The number of guanidine groups is 1. The minimum Gasteiger partial charge on any atom is -0.379 e. The van der Waals surface area contributed by atoms with Crippen LogP contribution >= 0.6 is 23.2 Å². The molecule has 1 saturated heterocycles. The lowest BCUT2D eigenvalue weighted by molar-refractivity contribution is 0.0339. The highest BCUT2D eigenvalue weighted by atomic mass is 35.5. The fraction of sp³-hybridized carbons (Fsp3) is 0.389. The van der Waals surface area contributed by atoms with Gasteiger partial charge in [0.15, 0.2) is 5.96 Å². The standard InChI is InChI=1S/C18H22Cl2N6O/c19-14-2-1-13(9-15(14)20)10-21-18-22-12-17-16(24-18)11-23-26(17)4-3-25-5-7-27-8-6-25/h1-2,9,11-12,23H,3-8,10H2,(H2,21,22,24). The number of nitrogens with one attached hydrogen (secondary N) is 3. The van der Waals surface area contributed by atoms with Crippen LogP contribution in [0.25, 0.3) is 0 Å². The van der Waals surface area contributed by atoms with Gasteiger partial charge in [-0.25, -0.2) is 4.99 Å². The first-order valence-corrected chi connectivity index (χ1v) is 9.71. The minimum atomic E-state index is 0.511. The topological polar surface area (TPSA) is 64.2 Å². The molecule has 0 aromatic heterocycles. The molecule has 9 heteroatoms. The van der Waals surface area contributed by atoms with Crippen molar-refractivity contribution in [1.82, 2.24) is 26.0 Å². The Labute approximate surface area is 168 Å². The molecule has 1 fully saturated rings. The quantitative estimate of drug-likeness (QED) is 0.691. The lowest BCUT2D eigenvalue weighted by Crippen LogP contribution is -2.45. The number of aliphatic imine (C=N–C) groups is 1. The zero-order valence-corrected chi connectivity index (χ0v) is 16.4. The van der Waals surface area contributed by atoms with Crippen LogP contribution < -0.4 is 16.1 Å². The first-order chi connectivity index (χ1) is 13.2. The van der Waals surface area contributed by atoms with Gasteiger partial charge in [0.2, 0.25) is 0 Å². The van der Waals surface area contributed by atoms with E-state index in [0.717, 1.165) is 56.4 Å². The summed E-state index contributed by atoms with van der Waals surface area (Å²) in [4.78, 5) is 6.98. The van der Waals surface area contributed by atoms with Crippen molar-refractivity contribution in [3.63, 3.8) is 0 Å². The molecule has 144 valence electrons. The summed E-state index contributed by atoms with van der Waals surface area (Å²) in [6, 6.07) is 5.54. The summed E-state index contributed by atoms with van der Waals surface area (Å²) in [5.41, 5.74) is 6.39. The molecule has 1 aromatic rings. The lowest BCUT2D eigenvalue weighted by Gasteiger charge is -2.30. The number of rotatable bonds is 5. The van der Waals surface area contributed by atoms with Crippen molar-refractivity contribution in [3.8, 4) is 0 Å². The van der Waals surface area contributed by atoms with Crippen LogP contribution in [0.4, 0.5) is 0 Å². The molecule has 27 heavy (non-hydrogen) atoms. The smallest absolute Gasteiger partial charge is 0.200 e. The number of nitrogens with zero attached hydrogens (tertiary/aromatic N) is 3. The molecular formula is C18H22Cl2N6O. The number of halogens is 2. The molecule has 0 atom stereocenters. The molecule has 3 heterocycles. The van der Waals surface area contributed by atoms with Gasteiger partial charge >= 0.3 is 0 Å². The summed E-state index contributed by atoms with van der Waals surface area (Å²) in [7, 11) is 0. The highest BCUT2D eigenvalue weighted by Crippen LogP contribution is 2.23. The highest BCUT2D eigenvalue weighted by Gasteiger charge is 2.24. The van der Waals surface area contributed by atoms with E-state index < -0.39 is 0 Å². The maximum atomic E-state index is 6.06. The Balaban J connectivity index is 1.33. The number of fused-ring (bicyclic) bond motifs is 1. The van der Waals surface area contributed by atoms with Crippen LogP contribution in [0.15, 0.2) is 47.0 Å². The van der Waals surface area contributed by atoms with Crippen LogP contribution in [-0.2, 0) is 11.3 Å².